The lowest BCUT2D eigenvalue weighted by molar-refractivity contribution is -0.154. The van der Waals surface area contributed by atoms with E-state index in [4.69, 9.17) is 4.74 Å². The van der Waals surface area contributed by atoms with Crippen molar-refractivity contribution in [2.75, 3.05) is 32.8 Å². The average Bonchev–Trinajstić information content (AvgIpc) is 2.90. The fraction of sp³-hybridized carbons (Fsp3) is 0.846. The van der Waals surface area contributed by atoms with E-state index in [2.05, 4.69) is 10.6 Å². The number of aliphatic carboxylic acids is 1. The van der Waals surface area contributed by atoms with Crippen molar-refractivity contribution >= 4 is 11.9 Å². The summed E-state index contributed by atoms with van der Waals surface area (Å²) in [7, 11) is 0. The van der Waals surface area contributed by atoms with Gasteiger partial charge in [0, 0.05) is 26.2 Å². The van der Waals surface area contributed by atoms with Gasteiger partial charge >= 0.3 is 5.97 Å². The Bertz CT molecular complexity index is 334. The molecular formula is C13H22N2O4. The Morgan fingerprint density at radius 1 is 1.37 bits per heavy atom. The van der Waals surface area contributed by atoms with Crippen LogP contribution in [0, 0.1) is 11.3 Å². The highest BCUT2D eigenvalue weighted by Crippen LogP contribution is 2.30. The Kier molecular flexibility index (Phi) is 4.76. The topological polar surface area (TPSA) is 87.7 Å². The molecule has 1 unspecified atom stereocenters. The molecule has 0 aromatic rings. The molecule has 6 heteroatoms. The summed E-state index contributed by atoms with van der Waals surface area (Å²) in [4.78, 5) is 23.3. The lowest BCUT2D eigenvalue weighted by atomic mass is 9.80. The van der Waals surface area contributed by atoms with Crippen LogP contribution in [0.25, 0.3) is 0 Å². The van der Waals surface area contributed by atoms with Crippen molar-refractivity contribution in [2.24, 2.45) is 11.3 Å². The minimum atomic E-state index is -0.845. The SMILES string of the molecule is O=C(CC1CCNC1)NCC1(C(=O)O)CCOCC1. The maximum atomic E-state index is 11.8. The number of rotatable bonds is 5. The molecule has 3 N–H and O–H groups in total. The van der Waals surface area contributed by atoms with Gasteiger partial charge in [-0.15, -0.1) is 0 Å². The number of amides is 1. The Labute approximate surface area is 112 Å². The molecule has 1 atom stereocenters. The van der Waals surface area contributed by atoms with Crippen LogP contribution in [0.1, 0.15) is 25.7 Å². The summed E-state index contributed by atoms with van der Waals surface area (Å²) in [5.41, 5.74) is -0.845. The van der Waals surface area contributed by atoms with E-state index in [0.717, 1.165) is 19.5 Å². The molecule has 2 aliphatic rings. The summed E-state index contributed by atoms with van der Waals surface area (Å²) < 4.78 is 5.21. The van der Waals surface area contributed by atoms with Crippen molar-refractivity contribution in [3.63, 3.8) is 0 Å². The standard InChI is InChI=1S/C13H22N2O4/c16-11(7-10-1-4-14-8-10)15-9-13(12(17)18)2-5-19-6-3-13/h10,14H,1-9H2,(H,15,16)(H,17,18). The van der Waals surface area contributed by atoms with Crippen LogP contribution in [0.5, 0.6) is 0 Å². The summed E-state index contributed by atoms with van der Waals surface area (Å²) in [6, 6.07) is 0. The fourth-order valence-corrected chi connectivity index (χ4v) is 2.72. The number of carbonyl (C=O) groups excluding carboxylic acids is 1. The van der Waals surface area contributed by atoms with Gasteiger partial charge in [0.15, 0.2) is 0 Å². The smallest absolute Gasteiger partial charge is 0.311 e. The van der Waals surface area contributed by atoms with E-state index in [1.54, 1.807) is 0 Å². The third-order valence-corrected chi connectivity index (χ3v) is 4.16. The first-order valence-electron chi connectivity index (χ1n) is 6.91. The van der Waals surface area contributed by atoms with E-state index in [1.807, 2.05) is 0 Å². The van der Waals surface area contributed by atoms with E-state index >= 15 is 0 Å². The summed E-state index contributed by atoms with van der Waals surface area (Å²) in [6.07, 6.45) is 2.44. The van der Waals surface area contributed by atoms with Crippen LogP contribution in [-0.2, 0) is 14.3 Å². The molecule has 0 saturated carbocycles. The molecular weight excluding hydrogens is 248 g/mol. The molecule has 0 aromatic heterocycles. The second-order valence-corrected chi connectivity index (χ2v) is 5.54. The van der Waals surface area contributed by atoms with Crippen LogP contribution in [0.2, 0.25) is 0 Å². The molecule has 0 aliphatic carbocycles. The zero-order valence-corrected chi connectivity index (χ0v) is 11.1. The normalized spacial score (nSPS) is 26.0. The first-order chi connectivity index (χ1) is 9.12. The lowest BCUT2D eigenvalue weighted by Gasteiger charge is -2.33. The van der Waals surface area contributed by atoms with E-state index in [0.29, 0.717) is 38.4 Å². The van der Waals surface area contributed by atoms with Crippen molar-refractivity contribution in [2.45, 2.75) is 25.7 Å². The summed E-state index contributed by atoms with van der Waals surface area (Å²) in [5.74, 6) is -0.491. The van der Waals surface area contributed by atoms with Gasteiger partial charge in [0.1, 0.15) is 0 Å². The molecule has 0 aromatic carbocycles. The number of carbonyl (C=O) groups is 2. The van der Waals surface area contributed by atoms with Crippen LogP contribution in [0.15, 0.2) is 0 Å². The minimum absolute atomic E-state index is 0.0409. The molecule has 2 heterocycles. The largest absolute Gasteiger partial charge is 0.481 e. The molecule has 19 heavy (non-hydrogen) atoms. The highest BCUT2D eigenvalue weighted by molar-refractivity contribution is 5.79. The molecule has 0 radical (unpaired) electrons. The first kappa shape index (κ1) is 14.3. The van der Waals surface area contributed by atoms with Crippen LogP contribution in [0.4, 0.5) is 0 Å². The summed E-state index contributed by atoms with van der Waals surface area (Å²) in [6.45, 7) is 2.97. The quantitative estimate of drug-likeness (QED) is 0.653. The summed E-state index contributed by atoms with van der Waals surface area (Å²) >= 11 is 0. The van der Waals surface area contributed by atoms with Crippen LogP contribution in [0.3, 0.4) is 0 Å². The zero-order valence-electron chi connectivity index (χ0n) is 11.1. The number of ether oxygens (including phenoxy) is 1. The third kappa shape index (κ3) is 3.67. The Morgan fingerprint density at radius 3 is 2.68 bits per heavy atom. The highest BCUT2D eigenvalue weighted by atomic mass is 16.5. The maximum Gasteiger partial charge on any atom is 0.311 e. The van der Waals surface area contributed by atoms with Crippen molar-refractivity contribution in [3.8, 4) is 0 Å². The monoisotopic (exact) mass is 270 g/mol. The molecule has 0 spiro atoms. The van der Waals surface area contributed by atoms with E-state index in [9.17, 15) is 14.7 Å². The van der Waals surface area contributed by atoms with Crippen LogP contribution < -0.4 is 10.6 Å². The summed E-state index contributed by atoms with van der Waals surface area (Å²) in [5, 5.41) is 15.4. The van der Waals surface area contributed by atoms with Crippen molar-refractivity contribution in [1.82, 2.24) is 10.6 Å². The molecule has 0 bridgehead atoms. The number of carboxylic acid groups (broad SMARTS) is 1. The van der Waals surface area contributed by atoms with Crippen molar-refractivity contribution in [1.29, 1.82) is 0 Å². The van der Waals surface area contributed by atoms with Gasteiger partial charge in [-0.2, -0.15) is 0 Å². The van der Waals surface area contributed by atoms with Crippen molar-refractivity contribution < 1.29 is 19.4 Å². The van der Waals surface area contributed by atoms with E-state index < -0.39 is 11.4 Å². The van der Waals surface area contributed by atoms with Gasteiger partial charge in [-0.05, 0) is 38.3 Å². The predicted octanol–water partition coefficient (Wildman–Crippen LogP) is -0.0164. The predicted molar refractivity (Wildman–Crippen MR) is 68.7 cm³/mol. The van der Waals surface area contributed by atoms with Gasteiger partial charge in [-0.25, -0.2) is 0 Å². The number of hydrogen-bond donors (Lipinski definition) is 3. The number of nitrogens with one attached hydrogen (secondary N) is 2. The van der Waals surface area contributed by atoms with Crippen LogP contribution >= 0.6 is 0 Å². The fourth-order valence-electron chi connectivity index (χ4n) is 2.72. The van der Waals surface area contributed by atoms with Gasteiger partial charge in [0.2, 0.25) is 5.91 Å². The number of carboxylic acids is 1. The molecule has 2 rings (SSSR count). The maximum absolute atomic E-state index is 11.8. The first-order valence-corrected chi connectivity index (χ1v) is 6.91. The van der Waals surface area contributed by atoms with Crippen LogP contribution in [-0.4, -0.2) is 49.8 Å². The van der Waals surface area contributed by atoms with Gasteiger partial charge < -0.3 is 20.5 Å². The Balaban J connectivity index is 1.81. The Morgan fingerprint density at radius 2 is 2.11 bits per heavy atom. The molecule has 2 aliphatic heterocycles. The van der Waals surface area contributed by atoms with E-state index in [-0.39, 0.29) is 12.5 Å². The third-order valence-electron chi connectivity index (χ3n) is 4.16. The minimum Gasteiger partial charge on any atom is -0.481 e. The van der Waals surface area contributed by atoms with Gasteiger partial charge in [-0.3, -0.25) is 9.59 Å². The van der Waals surface area contributed by atoms with Gasteiger partial charge in [0.05, 0.1) is 5.41 Å². The highest BCUT2D eigenvalue weighted by Gasteiger charge is 2.40. The van der Waals surface area contributed by atoms with Gasteiger partial charge in [0.25, 0.3) is 0 Å². The lowest BCUT2D eigenvalue weighted by Crippen LogP contribution is -2.46. The molecule has 6 nitrogen and oxygen atoms in total. The van der Waals surface area contributed by atoms with Crippen molar-refractivity contribution in [3.05, 3.63) is 0 Å². The Hall–Kier alpha value is -1.14. The molecule has 2 fully saturated rings. The second kappa shape index (κ2) is 6.34. The second-order valence-electron chi connectivity index (χ2n) is 5.54. The number of hydrogen-bond acceptors (Lipinski definition) is 4. The average molecular weight is 270 g/mol. The molecule has 1 amide bonds. The van der Waals surface area contributed by atoms with Gasteiger partial charge in [-0.1, -0.05) is 0 Å². The zero-order chi connectivity index (χ0) is 13.7. The molecule has 108 valence electrons. The molecule has 2 saturated heterocycles. The van der Waals surface area contributed by atoms with E-state index in [1.165, 1.54) is 0 Å².